The smallest absolute Gasteiger partial charge is 0.261 e. The average Bonchev–Trinajstić information content (AvgIpc) is 2.68. The first-order valence-electron chi connectivity index (χ1n) is 9.53. The summed E-state index contributed by atoms with van der Waals surface area (Å²) in [6, 6.07) is 14.2. The van der Waals surface area contributed by atoms with Crippen LogP contribution in [-0.4, -0.2) is 35.4 Å². The van der Waals surface area contributed by atoms with E-state index in [-0.39, 0.29) is 31.0 Å². The number of carbonyl (C=O) groups excluding carboxylic acids is 2. The highest BCUT2D eigenvalue weighted by Crippen LogP contribution is 2.20. The molecule has 0 saturated carbocycles. The average molecular weight is 529 g/mol. The van der Waals surface area contributed by atoms with Gasteiger partial charge in [-0.3, -0.25) is 9.59 Å². The van der Waals surface area contributed by atoms with Crippen molar-refractivity contribution in [2.75, 3.05) is 6.61 Å². The molecule has 0 aliphatic heterocycles. The summed E-state index contributed by atoms with van der Waals surface area (Å²) in [6.45, 7) is 5.75. The lowest BCUT2D eigenvalue weighted by molar-refractivity contribution is -0.143. The lowest BCUT2D eigenvalue weighted by atomic mass is 10.1. The Morgan fingerprint density at radius 1 is 1.14 bits per heavy atom. The molecule has 0 radical (unpaired) electrons. The van der Waals surface area contributed by atoms with Crippen LogP contribution in [0.3, 0.4) is 0 Å². The van der Waals surface area contributed by atoms with Crippen LogP contribution in [0, 0.1) is 3.57 Å². The third kappa shape index (κ3) is 7.19. The van der Waals surface area contributed by atoms with Crippen LogP contribution in [0.2, 0.25) is 5.02 Å². The van der Waals surface area contributed by atoms with Gasteiger partial charge in [-0.25, -0.2) is 0 Å². The topological polar surface area (TPSA) is 58.6 Å². The van der Waals surface area contributed by atoms with Crippen LogP contribution in [0.25, 0.3) is 0 Å². The van der Waals surface area contributed by atoms with Crippen molar-refractivity contribution in [2.24, 2.45) is 0 Å². The molecule has 0 fully saturated rings. The molecule has 5 nitrogen and oxygen atoms in total. The quantitative estimate of drug-likeness (QED) is 0.482. The first kappa shape index (κ1) is 23.5. The number of benzene rings is 2. The van der Waals surface area contributed by atoms with Crippen LogP contribution in [0.1, 0.15) is 32.8 Å². The number of hydrogen-bond acceptors (Lipinski definition) is 3. The zero-order chi connectivity index (χ0) is 21.4. The third-order valence-corrected chi connectivity index (χ3v) is 5.38. The van der Waals surface area contributed by atoms with E-state index in [4.69, 9.17) is 16.3 Å². The van der Waals surface area contributed by atoms with Crippen molar-refractivity contribution in [3.63, 3.8) is 0 Å². The van der Waals surface area contributed by atoms with Crippen molar-refractivity contribution in [3.05, 3.63) is 62.7 Å². The Kier molecular flexibility index (Phi) is 9.23. The minimum absolute atomic E-state index is 0.0168. The largest absolute Gasteiger partial charge is 0.484 e. The molecule has 2 aromatic carbocycles. The molecule has 1 atom stereocenters. The van der Waals surface area contributed by atoms with Crippen molar-refractivity contribution in [1.29, 1.82) is 0 Å². The van der Waals surface area contributed by atoms with Gasteiger partial charge in [0.2, 0.25) is 5.91 Å². The summed E-state index contributed by atoms with van der Waals surface area (Å²) in [6.07, 6.45) is 0.484. The Bertz CT molecular complexity index is 827. The maximum Gasteiger partial charge on any atom is 0.261 e. The van der Waals surface area contributed by atoms with Gasteiger partial charge in [0.25, 0.3) is 5.91 Å². The van der Waals surface area contributed by atoms with E-state index in [1.165, 1.54) is 0 Å². The Balaban J connectivity index is 2.21. The summed E-state index contributed by atoms with van der Waals surface area (Å²) < 4.78 is 6.75. The number of rotatable bonds is 9. The number of amides is 2. The number of hydrogen-bond donors (Lipinski definition) is 1. The number of nitrogens with one attached hydrogen (secondary N) is 1. The van der Waals surface area contributed by atoms with E-state index < -0.39 is 6.04 Å². The second-order valence-electron chi connectivity index (χ2n) is 6.94. The second-order valence-corrected chi connectivity index (χ2v) is 8.60. The molecule has 156 valence electrons. The van der Waals surface area contributed by atoms with E-state index in [0.717, 1.165) is 9.13 Å². The highest BCUT2D eigenvalue weighted by Gasteiger charge is 2.29. The molecule has 0 saturated heterocycles. The highest BCUT2D eigenvalue weighted by molar-refractivity contribution is 14.1. The summed E-state index contributed by atoms with van der Waals surface area (Å²) in [4.78, 5) is 27.4. The first-order valence-corrected chi connectivity index (χ1v) is 11.0. The lowest BCUT2D eigenvalue weighted by Gasteiger charge is -2.31. The number of nitrogens with zero attached hydrogens (tertiary/aromatic N) is 1. The Morgan fingerprint density at radius 2 is 1.79 bits per heavy atom. The number of carbonyl (C=O) groups is 2. The van der Waals surface area contributed by atoms with Gasteiger partial charge in [-0.05, 0) is 78.8 Å². The maximum absolute atomic E-state index is 13.1. The molecule has 2 amide bonds. The Labute approximate surface area is 190 Å². The molecule has 0 aromatic heterocycles. The van der Waals surface area contributed by atoms with Gasteiger partial charge in [-0.2, -0.15) is 0 Å². The molecular weight excluding hydrogens is 503 g/mol. The van der Waals surface area contributed by atoms with Crippen LogP contribution in [0.5, 0.6) is 5.75 Å². The molecule has 29 heavy (non-hydrogen) atoms. The SMILES string of the molecule is CC[C@@H](C(=O)NC(C)C)N(Cc1ccccc1Cl)C(=O)COc1ccc(I)cc1. The summed E-state index contributed by atoms with van der Waals surface area (Å²) in [5, 5.41) is 3.46. The minimum atomic E-state index is -0.610. The monoisotopic (exact) mass is 528 g/mol. The van der Waals surface area contributed by atoms with Crippen molar-refractivity contribution in [1.82, 2.24) is 10.2 Å². The van der Waals surface area contributed by atoms with Crippen LogP contribution in [0.15, 0.2) is 48.5 Å². The molecule has 1 N–H and O–H groups in total. The lowest BCUT2D eigenvalue weighted by Crippen LogP contribution is -2.51. The number of ether oxygens (including phenoxy) is 1. The van der Waals surface area contributed by atoms with E-state index in [9.17, 15) is 9.59 Å². The van der Waals surface area contributed by atoms with Crippen molar-refractivity contribution in [2.45, 2.75) is 45.8 Å². The summed E-state index contributed by atoms with van der Waals surface area (Å²) in [5.74, 6) is 0.155. The van der Waals surface area contributed by atoms with Crippen LogP contribution in [0.4, 0.5) is 0 Å². The second kappa shape index (κ2) is 11.4. The molecule has 0 aliphatic rings. The van der Waals surface area contributed by atoms with Gasteiger partial charge in [0.15, 0.2) is 6.61 Å². The zero-order valence-electron chi connectivity index (χ0n) is 16.8. The van der Waals surface area contributed by atoms with Gasteiger partial charge in [0.1, 0.15) is 11.8 Å². The van der Waals surface area contributed by atoms with Gasteiger partial charge >= 0.3 is 0 Å². The van der Waals surface area contributed by atoms with Gasteiger partial charge < -0.3 is 15.0 Å². The zero-order valence-corrected chi connectivity index (χ0v) is 19.7. The normalized spacial score (nSPS) is 11.8. The fourth-order valence-corrected chi connectivity index (χ4v) is 3.42. The van der Waals surface area contributed by atoms with Crippen molar-refractivity contribution in [3.8, 4) is 5.75 Å². The van der Waals surface area contributed by atoms with Crippen LogP contribution < -0.4 is 10.1 Å². The molecule has 0 aliphatic carbocycles. The van der Waals surface area contributed by atoms with Gasteiger partial charge in [-0.15, -0.1) is 0 Å². The molecule has 2 rings (SSSR count). The Hall–Kier alpha value is -1.80. The van der Waals surface area contributed by atoms with E-state index in [1.807, 2.05) is 63.2 Å². The Morgan fingerprint density at radius 3 is 2.38 bits per heavy atom. The summed E-state index contributed by atoms with van der Waals surface area (Å²) >= 11 is 8.51. The third-order valence-electron chi connectivity index (χ3n) is 4.29. The van der Waals surface area contributed by atoms with Gasteiger partial charge in [0.05, 0.1) is 0 Å². The first-order chi connectivity index (χ1) is 13.8. The maximum atomic E-state index is 13.1. The predicted octanol–water partition coefficient (Wildman–Crippen LogP) is 4.66. The van der Waals surface area contributed by atoms with E-state index in [1.54, 1.807) is 11.0 Å². The number of halogens is 2. The molecule has 0 unspecified atom stereocenters. The van der Waals surface area contributed by atoms with Crippen LogP contribution >= 0.6 is 34.2 Å². The standard InChI is InChI=1S/C22H26ClIN2O3/c1-4-20(22(28)25-15(2)3)26(13-16-7-5-6-8-19(16)23)21(27)14-29-18-11-9-17(24)10-12-18/h5-12,15,20H,4,13-14H2,1-3H3,(H,25,28)/t20-/m0/s1. The van der Waals surface area contributed by atoms with Crippen molar-refractivity contribution >= 4 is 46.0 Å². The predicted molar refractivity (Wildman–Crippen MR) is 124 cm³/mol. The molecule has 7 heteroatoms. The van der Waals surface area contributed by atoms with Crippen molar-refractivity contribution < 1.29 is 14.3 Å². The fourth-order valence-electron chi connectivity index (χ4n) is 2.87. The van der Waals surface area contributed by atoms with Gasteiger partial charge in [0, 0.05) is 21.2 Å². The van der Waals surface area contributed by atoms with E-state index in [2.05, 4.69) is 27.9 Å². The summed E-state index contributed by atoms with van der Waals surface area (Å²) in [7, 11) is 0. The fraction of sp³-hybridized carbons (Fsp3) is 0.364. The molecular formula is C22H26ClIN2O3. The van der Waals surface area contributed by atoms with E-state index >= 15 is 0 Å². The molecule has 0 spiro atoms. The molecule has 0 bridgehead atoms. The van der Waals surface area contributed by atoms with Gasteiger partial charge in [-0.1, -0.05) is 36.7 Å². The molecule has 0 heterocycles. The highest BCUT2D eigenvalue weighted by atomic mass is 127. The summed E-state index contributed by atoms with van der Waals surface area (Å²) in [5.41, 5.74) is 0.785. The molecule has 2 aromatic rings. The van der Waals surface area contributed by atoms with E-state index in [0.29, 0.717) is 17.2 Å². The minimum Gasteiger partial charge on any atom is -0.484 e. The van der Waals surface area contributed by atoms with Crippen LogP contribution in [-0.2, 0) is 16.1 Å².